The van der Waals surface area contributed by atoms with Gasteiger partial charge in [-0.25, -0.2) is 0 Å². The average Bonchev–Trinajstić information content (AvgIpc) is 3.51. The maximum atomic E-state index is 13.4. The van der Waals surface area contributed by atoms with Gasteiger partial charge in [0.05, 0.1) is 0 Å². The van der Waals surface area contributed by atoms with Crippen LogP contribution >= 0.6 is 0 Å². The highest BCUT2D eigenvalue weighted by Gasteiger charge is 2.24. The number of likely N-dealkylation sites (N-methyl/N-ethyl adjacent to an activating group) is 1. The van der Waals surface area contributed by atoms with Gasteiger partial charge in [0, 0.05) is 56.3 Å². The number of allylic oxidation sites excluding steroid dienone is 6. The molecule has 0 aromatic rings. The molecule has 6 nitrogen and oxygen atoms in total. The van der Waals surface area contributed by atoms with Crippen molar-refractivity contribution in [2.75, 3.05) is 39.3 Å². The van der Waals surface area contributed by atoms with Crippen LogP contribution in [0.25, 0.3) is 0 Å². The molecule has 200 valence electrons. The van der Waals surface area contributed by atoms with Crippen LogP contribution < -0.4 is 0 Å². The SMILES string of the molecule is CCN(CCN1CCCC1C)C(=O)C1=CC/C=C(/OC2=CCC=C(C(=O)N3CCCC3)C=C2)C/C=C\1C. The Morgan fingerprint density at radius 2 is 1.78 bits per heavy atom. The van der Waals surface area contributed by atoms with Crippen molar-refractivity contribution in [2.45, 2.75) is 71.8 Å². The Kier molecular flexibility index (Phi) is 9.62. The molecule has 0 aromatic carbocycles. The molecule has 0 spiro atoms. The number of hydrogen-bond acceptors (Lipinski definition) is 4. The zero-order valence-electron chi connectivity index (χ0n) is 22.9. The number of nitrogens with zero attached hydrogens (tertiary/aromatic N) is 3. The molecular formula is C31H43N3O3. The largest absolute Gasteiger partial charge is 0.462 e. The topological polar surface area (TPSA) is 53.1 Å². The van der Waals surface area contributed by atoms with E-state index in [4.69, 9.17) is 4.74 Å². The van der Waals surface area contributed by atoms with Crippen LogP contribution in [0, 0.1) is 0 Å². The van der Waals surface area contributed by atoms with Gasteiger partial charge in [0.25, 0.3) is 11.8 Å². The predicted molar refractivity (Wildman–Crippen MR) is 149 cm³/mol. The van der Waals surface area contributed by atoms with Crippen LogP contribution in [0.15, 0.2) is 70.8 Å². The molecule has 0 radical (unpaired) electrons. The Morgan fingerprint density at radius 1 is 1.00 bits per heavy atom. The maximum Gasteiger partial charge on any atom is 0.253 e. The molecule has 6 heteroatoms. The van der Waals surface area contributed by atoms with Gasteiger partial charge < -0.3 is 14.5 Å². The quantitative estimate of drug-likeness (QED) is 0.451. The van der Waals surface area contributed by atoms with E-state index in [1.54, 1.807) is 0 Å². The first-order valence-corrected chi connectivity index (χ1v) is 14.1. The van der Waals surface area contributed by atoms with Gasteiger partial charge in [-0.05, 0) is 95.7 Å². The third-order valence-electron chi connectivity index (χ3n) is 7.92. The number of likely N-dealkylation sites (tertiary alicyclic amines) is 2. The predicted octanol–water partition coefficient (Wildman–Crippen LogP) is 5.28. The second-order valence-electron chi connectivity index (χ2n) is 10.5. The molecule has 2 fully saturated rings. The minimum atomic E-state index is 0.116. The van der Waals surface area contributed by atoms with Gasteiger partial charge >= 0.3 is 0 Å². The fourth-order valence-electron chi connectivity index (χ4n) is 5.50. The summed E-state index contributed by atoms with van der Waals surface area (Å²) in [7, 11) is 0. The van der Waals surface area contributed by atoms with Gasteiger partial charge in [-0.15, -0.1) is 0 Å². The summed E-state index contributed by atoms with van der Waals surface area (Å²) in [5.41, 5.74) is 2.54. The summed E-state index contributed by atoms with van der Waals surface area (Å²) in [6, 6.07) is 0.617. The second-order valence-corrected chi connectivity index (χ2v) is 10.5. The first-order chi connectivity index (χ1) is 18.0. The van der Waals surface area contributed by atoms with Gasteiger partial charge in [-0.3, -0.25) is 14.5 Å². The summed E-state index contributed by atoms with van der Waals surface area (Å²) < 4.78 is 6.22. The number of rotatable bonds is 8. The van der Waals surface area contributed by atoms with E-state index >= 15 is 0 Å². The van der Waals surface area contributed by atoms with Crippen LogP contribution in [0.2, 0.25) is 0 Å². The van der Waals surface area contributed by atoms with Crippen molar-refractivity contribution in [3.63, 3.8) is 0 Å². The summed E-state index contributed by atoms with van der Waals surface area (Å²) in [5.74, 6) is 1.86. The highest BCUT2D eigenvalue weighted by atomic mass is 16.5. The molecule has 0 saturated carbocycles. The highest BCUT2D eigenvalue weighted by Crippen LogP contribution is 2.24. The van der Waals surface area contributed by atoms with Crippen molar-refractivity contribution in [2.24, 2.45) is 0 Å². The average molecular weight is 506 g/mol. The number of carbonyl (C=O) groups excluding carboxylic acids is 2. The molecule has 2 amide bonds. The lowest BCUT2D eigenvalue weighted by Gasteiger charge is -2.28. The summed E-state index contributed by atoms with van der Waals surface area (Å²) in [6.45, 7) is 11.6. The van der Waals surface area contributed by atoms with Crippen LogP contribution in [-0.2, 0) is 14.3 Å². The molecule has 2 aliphatic carbocycles. The minimum absolute atomic E-state index is 0.116. The van der Waals surface area contributed by atoms with E-state index in [1.165, 1.54) is 12.8 Å². The van der Waals surface area contributed by atoms with Crippen LogP contribution in [-0.4, -0.2) is 71.8 Å². The Hall–Kier alpha value is -2.86. The molecule has 0 bridgehead atoms. The van der Waals surface area contributed by atoms with Crippen molar-refractivity contribution >= 4 is 11.8 Å². The molecule has 2 saturated heterocycles. The Balaban J connectivity index is 1.34. The third kappa shape index (κ3) is 7.13. The van der Waals surface area contributed by atoms with Crippen LogP contribution in [0.5, 0.6) is 0 Å². The Bertz CT molecular complexity index is 1040. The Labute approximate surface area is 222 Å². The number of ether oxygens (including phenoxy) is 1. The van der Waals surface area contributed by atoms with E-state index in [1.807, 2.05) is 47.1 Å². The zero-order valence-corrected chi connectivity index (χ0v) is 22.9. The van der Waals surface area contributed by atoms with E-state index in [-0.39, 0.29) is 11.8 Å². The van der Waals surface area contributed by atoms with Gasteiger partial charge in [0.2, 0.25) is 0 Å². The van der Waals surface area contributed by atoms with E-state index in [0.717, 1.165) is 73.8 Å². The first kappa shape index (κ1) is 27.2. The molecule has 4 rings (SSSR count). The first-order valence-electron chi connectivity index (χ1n) is 14.1. The molecule has 2 heterocycles. The van der Waals surface area contributed by atoms with Crippen molar-refractivity contribution in [1.29, 1.82) is 0 Å². The standard InChI is InChI=1S/C31H43N3O3/c1-4-32(22-23-33-21-9-10-25(33)3)31(36)29-14-8-13-27(17-15-24(29)2)37-28-12-7-11-26(16-18-28)30(35)34-19-5-6-20-34/h11-16,18,25H,4-10,17,19-23H2,1-3H3/b24-15-,27-13+,29-14?. The van der Waals surface area contributed by atoms with E-state index in [0.29, 0.717) is 31.8 Å². The van der Waals surface area contributed by atoms with Crippen molar-refractivity contribution in [1.82, 2.24) is 14.7 Å². The normalized spacial score (nSPS) is 25.5. The molecular weight excluding hydrogens is 462 g/mol. The molecule has 1 atom stereocenters. The number of amides is 2. The zero-order chi connectivity index (χ0) is 26.2. The molecule has 4 aliphatic rings. The number of carbonyl (C=O) groups is 2. The summed E-state index contributed by atoms with van der Waals surface area (Å²) >= 11 is 0. The lowest BCUT2D eigenvalue weighted by Crippen LogP contribution is -2.40. The van der Waals surface area contributed by atoms with Crippen LogP contribution in [0.3, 0.4) is 0 Å². The van der Waals surface area contributed by atoms with Gasteiger partial charge in [-0.1, -0.05) is 18.2 Å². The summed E-state index contributed by atoms with van der Waals surface area (Å²) in [4.78, 5) is 32.5. The van der Waals surface area contributed by atoms with Gasteiger partial charge in [0.1, 0.15) is 11.5 Å². The summed E-state index contributed by atoms with van der Waals surface area (Å²) in [6.07, 6.45) is 20.6. The lowest BCUT2D eigenvalue weighted by atomic mass is 10.0. The highest BCUT2D eigenvalue weighted by molar-refractivity contribution is 5.98. The maximum absolute atomic E-state index is 13.4. The number of hydrogen-bond donors (Lipinski definition) is 0. The molecule has 0 N–H and O–H groups in total. The smallest absolute Gasteiger partial charge is 0.253 e. The van der Waals surface area contributed by atoms with Crippen molar-refractivity contribution in [3.8, 4) is 0 Å². The second kappa shape index (κ2) is 13.1. The van der Waals surface area contributed by atoms with Crippen LogP contribution in [0.4, 0.5) is 0 Å². The van der Waals surface area contributed by atoms with E-state index in [2.05, 4.69) is 30.9 Å². The van der Waals surface area contributed by atoms with E-state index in [9.17, 15) is 9.59 Å². The summed E-state index contributed by atoms with van der Waals surface area (Å²) in [5, 5.41) is 0. The van der Waals surface area contributed by atoms with Crippen molar-refractivity contribution < 1.29 is 14.3 Å². The Morgan fingerprint density at radius 3 is 2.51 bits per heavy atom. The van der Waals surface area contributed by atoms with Crippen molar-refractivity contribution in [3.05, 3.63) is 70.8 Å². The van der Waals surface area contributed by atoms with E-state index < -0.39 is 0 Å². The molecule has 2 aliphatic heterocycles. The van der Waals surface area contributed by atoms with Gasteiger partial charge in [-0.2, -0.15) is 0 Å². The fraction of sp³-hybridized carbons (Fsp3) is 0.548. The molecule has 1 unspecified atom stereocenters. The van der Waals surface area contributed by atoms with Gasteiger partial charge in [0.15, 0.2) is 0 Å². The van der Waals surface area contributed by atoms with Crippen LogP contribution in [0.1, 0.15) is 65.7 Å². The fourth-order valence-corrected chi connectivity index (χ4v) is 5.50. The lowest BCUT2D eigenvalue weighted by molar-refractivity contribution is -0.127. The monoisotopic (exact) mass is 505 g/mol. The minimum Gasteiger partial charge on any atom is -0.462 e. The third-order valence-corrected chi connectivity index (χ3v) is 7.92. The molecule has 37 heavy (non-hydrogen) atoms. The molecule has 0 aromatic heterocycles.